The summed E-state index contributed by atoms with van der Waals surface area (Å²) in [6.07, 6.45) is 1.11. The molecule has 1 saturated heterocycles. The van der Waals surface area contributed by atoms with Crippen molar-refractivity contribution in [3.8, 4) is 0 Å². The summed E-state index contributed by atoms with van der Waals surface area (Å²) in [5.41, 5.74) is 0.718. The molecule has 0 radical (unpaired) electrons. The van der Waals surface area contributed by atoms with E-state index in [-0.39, 0.29) is 11.7 Å². The van der Waals surface area contributed by atoms with Gasteiger partial charge in [0.25, 0.3) is 0 Å². The Morgan fingerprint density at radius 2 is 1.93 bits per heavy atom. The molecule has 1 heterocycles. The van der Waals surface area contributed by atoms with Crippen molar-refractivity contribution in [2.45, 2.75) is 58.7 Å². The smallest absolute Gasteiger partial charge is 0.322 e. The molecule has 3 atom stereocenters. The molecule has 0 saturated carbocycles. The second kappa shape index (κ2) is 9.15. The van der Waals surface area contributed by atoms with Gasteiger partial charge in [-0.25, -0.2) is 0 Å². The molecule has 28 heavy (non-hydrogen) atoms. The van der Waals surface area contributed by atoms with E-state index >= 15 is 0 Å². The molecule has 1 amide bonds. The number of carbonyl (C=O) groups is 3. The summed E-state index contributed by atoms with van der Waals surface area (Å²) >= 11 is 0. The van der Waals surface area contributed by atoms with Gasteiger partial charge >= 0.3 is 5.97 Å². The Bertz CT molecular complexity index is 755. The molecule has 1 fully saturated rings. The minimum atomic E-state index is -1.34. The molecule has 1 N–H and O–H groups in total. The average Bonchev–Trinajstić information content (AvgIpc) is 2.67. The highest BCUT2D eigenvalue weighted by molar-refractivity contribution is 6.13. The van der Waals surface area contributed by atoms with Gasteiger partial charge < -0.3 is 14.8 Å². The summed E-state index contributed by atoms with van der Waals surface area (Å²) in [5, 5.41) is 2.73. The van der Waals surface area contributed by atoms with Gasteiger partial charge in [0.1, 0.15) is 0 Å². The fourth-order valence-electron chi connectivity index (χ4n) is 3.81. The highest BCUT2D eigenvalue weighted by Gasteiger charge is 2.57. The fraction of sp³-hybridized carbons (Fsp3) is 0.500. The van der Waals surface area contributed by atoms with Gasteiger partial charge in [-0.1, -0.05) is 32.1 Å². The first-order valence-electron chi connectivity index (χ1n) is 9.60. The van der Waals surface area contributed by atoms with E-state index in [0.29, 0.717) is 31.3 Å². The van der Waals surface area contributed by atoms with Gasteiger partial charge in [-0.05, 0) is 43.9 Å². The van der Waals surface area contributed by atoms with E-state index in [2.05, 4.69) is 11.9 Å². The lowest BCUT2D eigenvalue weighted by Crippen LogP contribution is -2.56. The Balaban J connectivity index is 2.24. The molecule has 2 rings (SSSR count). The van der Waals surface area contributed by atoms with Crippen LogP contribution in [0, 0.1) is 5.41 Å². The van der Waals surface area contributed by atoms with Crippen molar-refractivity contribution in [3.05, 3.63) is 42.0 Å². The molecule has 1 aromatic carbocycles. The third kappa shape index (κ3) is 4.33. The molecule has 152 valence electrons. The van der Waals surface area contributed by atoms with E-state index in [4.69, 9.17) is 9.47 Å². The first-order valence-corrected chi connectivity index (χ1v) is 9.60. The van der Waals surface area contributed by atoms with Gasteiger partial charge in [-0.15, -0.1) is 0 Å². The molecule has 6 heteroatoms. The normalized spacial score (nSPS) is 24.7. The molecule has 6 nitrogen and oxygen atoms in total. The van der Waals surface area contributed by atoms with E-state index in [1.807, 2.05) is 31.2 Å². The number of methoxy groups -OCH3 is 1. The molecular formula is C22H29NO5. The van der Waals surface area contributed by atoms with Crippen molar-refractivity contribution in [3.63, 3.8) is 0 Å². The SMILES string of the molecule is C=C1C(=O)C(CCC)(C(=O)OC)C(CCc2ccc(NC(C)=O)cc2)OC1C. The number of ether oxygens (including phenoxy) is 2. The number of hydrogen-bond donors (Lipinski definition) is 1. The molecule has 1 aliphatic rings. The Labute approximate surface area is 166 Å². The number of rotatable bonds is 7. The van der Waals surface area contributed by atoms with E-state index < -0.39 is 23.6 Å². The van der Waals surface area contributed by atoms with Gasteiger partial charge in [0.2, 0.25) is 5.91 Å². The standard InChI is InChI=1S/C22H29NO5/c1-6-13-22(21(26)27-5)19(28-15(3)14(2)20(22)25)12-9-17-7-10-18(11-8-17)23-16(4)24/h7-8,10-11,15,19H,2,6,9,12-13H2,1,3-5H3,(H,23,24). The van der Waals surface area contributed by atoms with E-state index in [1.165, 1.54) is 14.0 Å². The van der Waals surface area contributed by atoms with Gasteiger partial charge in [0.05, 0.1) is 19.3 Å². The number of carbonyl (C=O) groups excluding carboxylic acids is 3. The lowest BCUT2D eigenvalue weighted by Gasteiger charge is -2.43. The third-order valence-electron chi connectivity index (χ3n) is 5.27. The van der Waals surface area contributed by atoms with Crippen molar-refractivity contribution in [1.29, 1.82) is 0 Å². The van der Waals surface area contributed by atoms with Gasteiger partial charge in [-0.3, -0.25) is 14.4 Å². The largest absolute Gasteiger partial charge is 0.468 e. The maximum atomic E-state index is 13.1. The minimum Gasteiger partial charge on any atom is -0.468 e. The summed E-state index contributed by atoms with van der Waals surface area (Å²) in [6.45, 7) is 9.01. The maximum absolute atomic E-state index is 13.1. The number of esters is 1. The number of nitrogens with one attached hydrogen (secondary N) is 1. The van der Waals surface area contributed by atoms with Crippen LogP contribution in [0.1, 0.15) is 45.6 Å². The van der Waals surface area contributed by atoms with Crippen LogP contribution in [0.2, 0.25) is 0 Å². The van der Waals surface area contributed by atoms with Crippen molar-refractivity contribution >= 4 is 23.3 Å². The van der Waals surface area contributed by atoms with Crippen LogP contribution in [0.4, 0.5) is 5.69 Å². The zero-order valence-electron chi connectivity index (χ0n) is 17.0. The van der Waals surface area contributed by atoms with Crippen LogP contribution < -0.4 is 5.32 Å². The highest BCUT2D eigenvalue weighted by atomic mass is 16.5. The molecule has 1 aromatic rings. The summed E-state index contributed by atoms with van der Waals surface area (Å²) < 4.78 is 11.1. The Kier molecular flexibility index (Phi) is 7.13. The first kappa shape index (κ1) is 21.8. The van der Waals surface area contributed by atoms with Crippen LogP contribution in [0.25, 0.3) is 0 Å². The van der Waals surface area contributed by atoms with Crippen LogP contribution in [-0.2, 0) is 30.3 Å². The minimum absolute atomic E-state index is 0.126. The number of ketones is 1. The summed E-state index contributed by atoms with van der Waals surface area (Å²) in [7, 11) is 1.30. The molecular weight excluding hydrogens is 358 g/mol. The van der Waals surface area contributed by atoms with Crippen LogP contribution in [0.5, 0.6) is 0 Å². The molecule has 0 spiro atoms. The third-order valence-corrected chi connectivity index (χ3v) is 5.27. The van der Waals surface area contributed by atoms with Crippen molar-refractivity contribution in [1.82, 2.24) is 0 Å². The average molecular weight is 387 g/mol. The predicted octanol–water partition coefficient (Wildman–Crippen LogP) is 3.45. The summed E-state index contributed by atoms with van der Waals surface area (Å²) in [6, 6.07) is 7.48. The lowest BCUT2D eigenvalue weighted by atomic mass is 9.68. The highest BCUT2D eigenvalue weighted by Crippen LogP contribution is 2.42. The Hall–Kier alpha value is -2.47. The van der Waals surface area contributed by atoms with Gasteiger partial charge in [0.15, 0.2) is 11.2 Å². The second-order valence-electron chi connectivity index (χ2n) is 7.25. The van der Waals surface area contributed by atoms with Crippen LogP contribution in [0.15, 0.2) is 36.4 Å². The first-order chi connectivity index (χ1) is 13.3. The molecule has 0 aliphatic carbocycles. The Morgan fingerprint density at radius 1 is 1.29 bits per heavy atom. The Morgan fingerprint density at radius 3 is 2.46 bits per heavy atom. The van der Waals surface area contributed by atoms with E-state index in [0.717, 1.165) is 11.3 Å². The predicted molar refractivity (Wildman–Crippen MR) is 107 cm³/mol. The summed E-state index contributed by atoms with van der Waals surface area (Å²) in [4.78, 5) is 36.9. The monoisotopic (exact) mass is 387 g/mol. The summed E-state index contributed by atoms with van der Waals surface area (Å²) in [5.74, 6) is -0.956. The van der Waals surface area contributed by atoms with Crippen molar-refractivity contribution in [2.24, 2.45) is 5.41 Å². The molecule has 1 aliphatic heterocycles. The number of anilines is 1. The quantitative estimate of drug-likeness (QED) is 0.440. The van der Waals surface area contributed by atoms with E-state index in [9.17, 15) is 14.4 Å². The van der Waals surface area contributed by atoms with Crippen LogP contribution >= 0.6 is 0 Å². The van der Waals surface area contributed by atoms with Gasteiger partial charge in [0, 0.05) is 18.2 Å². The zero-order valence-corrected chi connectivity index (χ0v) is 17.0. The van der Waals surface area contributed by atoms with E-state index in [1.54, 1.807) is 6.92 Å². The van der Waals surface area contributed by atoms with Crippen molar-refractivity contribution in [2.75, 3.05) is 12.4 Å². The zero-order chi connectivity index (χ0) is 20.9. The van der Waals surface area contributed by atoms with Crippen LogP contribution in [-0.4, -0.2) is 37.0 Å². The number of Topliss-reactive ketones (excluding diaryl/α,β-unsaturated/α-hetero) is 1. The van der Waals surface area contributed by atoms with Crippen molar-refractivity contribution < 1.29 is 23.9 Å². The molecule has 0 aromatic heterocycles. The number of amides is 1. The topological polar surface area (TPSA) is 81.7 Å². The fourth-order valence-corrected chi connectivity index (χ4v) is 3.81. The lowest BCUT2D eigenvalue weighted by molar-refractivity contribution is -0.178. The number of hydrogen-bond acceptors (Lipinski definition) is 5. The van der Waals surface area contributed by atoms with Crippen LogP contribution in [0.3, 0.4) is 0 Å². The molecule has 3 unspecified atom stereocenters. The number of benzene rings is 1. The van der Waals surface area contributed by atoms with Gasteiger partial charge in [-0.2, -0.15) is 0 Å². The maximum Gasteiger partial charge on any atom is 0.322 e. The number of aryl methyl sites for hydroxylation is 1. The molecule has 0 bridgehead atoms. The second-order valence-corrected chi connectivity index (χ2v) is 7.25.